The number of aromatic nitrogens is 3. The number of nitrogens with zero attached hydrogens (tertiary/aromatic N) is 3. The molecule has 0 amide bonds. The predicted molar refractivity (Wildman–Crippen MR) is 137 cm³/mol. The standard InChI is InChI=1S/C28H31N5/c1-20-12-16-23(17-13-20)9-5-7-11-26-31-27(29-24-18-14-21(2)15-19-24)33-28(32-26)30-25-10-6-4-8-22(25)3/h4,6,8,10,12-19H,5,7,9,11H2,1-3H3,(H2,29,30,31,32,33). The lowest BCUT2D eigenvalue weighted by atomic mass is 10.1. The van der Waals surface area contributed by atoms with Crippen molar-refractivity contribution in [2.24, 2.45) is 0 Å². The average Bonchev–Trinajstić information content (AvgIpc) is 2.81. The van der Waals surface area contributed by atoms with Gasteiger partial charge in [-0.15, -0.1) is 0 Å². The highest BCUT2D eigenvalue weighted by molar-refractivity contribution is 5.60. The van der Waals surface area contributed by atoms with Crippen LogP contribution in [0.3, 0.4) is 0 Å². The van der Waals surface area contributed by atoms with Crippen molar-refractivity contribution in [3.8, 4) is 0 Å². The number of hydrogen-bond donors (Lipinski definition) is 2. The van der Waals surface area contributed by atoms with Gasteiger partial charge in [0.15, 0.2) is 0 Å². The molecule has 0 saturated carbocycles. The lowest BCUT2D eigenvalue weighted by molar-refractivity contribution is 0.705. The molecule has 5 nitrogen and oxygen atoms in total. The second-order valence-corrected chi connectivity index (χ2v) is 8.52. The van der Waals surface area contributed by atoms with Crippen LogP contribution in [0.4, 0.5) is 23.3 Å². The first kappa shape index (κ1) is 22.5. The number of anilines is 4. The molecule has 0 saturated heterocycles. The fourth-order valence-electron chi connectivity index (χ4n) is 3.61. The topological polar surface area (TPSA) is 62.7 Å². The van der Waals surface area contributed by atoms with Gasteiger partial charge in [-0.3, -0.25) is 0 Å². The van der Waals surface area contributed by atoms with Crippen LogP contribution in [-0.2, 0) is 12.8 Å². The van der Waals surface area contributed by atoms with Crippen molar-refractivity contribution in [1.82, 2.24) is 15.0 Å². The Hall–Kier alpha value is -3.73. The molecule has 4 aromatic rings. The molecule has 0 aliphatic carbocycles. The van der Waals surface area contributed by atoms with E-state index in [0.717, 1.165) is 48.4 Å². The fourth-order valence-corrected chi connectivity index (χ4v) is 3.61. The highest BCUT2D eigenvalue weighted by atomic mass is 15.2. The summed E-state index contributed by atoms with van der Waals surface area (Å²) in [6.45, 7) is 6.27. The highest BCUT2D eigenvalue weighted by Crippen LogP contribution is 2.20. The van der Waals surface area contributed by atoms with Gasteiger partial charge in [0, 0.05) is 17.8 Å². The molecule has 168 valence electrons. The molecular weight excluding hydrogens is 406 g/mol. The maximum absolute atomic E-state index is 4.71. The second-order valence-electron chi connectivity index (χ2n) is 8.52. The minimum absolute atomic E-state index is 0.554. The lowest BCUT2D eigenvalue weighted by Gasteiger charge is -2.12. The van der Waals surface area contributed by atoms with Crippen LogP contribution in [0.25, 0.3) is 0 Å². The molecule has 1 aromatic heterocycles. The molecule has 0 aliphatic rings. The van der Waals surface area contributed by atoms with Crippen molar-refractivity contribution >= 4 is 23.3 Å². The van der Waals surface area contributed by atoms with Gasteiger partial charge in [0.1, 0.15) is 5.82 Å². The Bertz CT molecular complexity index is 1180. The van der Waals surface area contributed by atoms with Crippen molar-refractivity contribution in [3.05, 3.63) is 101 Å². The predicted octanol–water partition coefficient (Wildman–Crippen LogP) is 6.85. The van der Waals surface area contributed by atoms with Crippen LogP contribution in [0.15, 0.2) is 72.8 Å². The molecule has 2 N–H and O–H groups in total. The molecule has 1 heterocycles. The van der Waals surface area contributed by atoms with E-state index in [4.69, 9.17) is 9.97 Å². The highest BCUT2D eigenvalue weighted by Gasteiger charge is 2.09. The van der Waals surface area contributed by atoms with E-state index in [1.54, 1.807) is 0 Å². The summed E-state index contributed by atoms with van der Waals surface area (Å²) < 4.78 is 0. The van der Waals surface area contributed by atoms with Gasteiger partial charge in [-0.05, 0) is 69.4 Å². The minimum Gasteiger partial charge on any atom is -0.324 e. The number of aryl methyl sites for hydroxylation is 5. The molecule has 0 aliphatic heterocycles. The number of rotatable bonds is 9. The van der Waals surface area contributed by atoms with Crippen LogP contribution in [0.1, 0.15) is 40.9 Å². The summed E-state index contributed by atoms with van der Waals surface area (Å²) in [4.78, 5) is 14.0. The van der Waals surface area contributed by atoms with Gasteiger partial charge in [-0.25, -0.2) is 0 Å². The molecular formula is C28H31N5. The quantitative estimate of drug-likeness (QED) is 0.280. The summed E-state index contributed by atoms with van der Waals surface area (Å²) in [6.07, 6.45) is 3.98. The number of hydrogen-bond acceptors (Lipinski definition) is 5. The Morgan fingerprint density at radius 2 is 1.21 bits per heavy atom. The van der Waals surface area contributed by atoms with Crippen molar-refractivity contribution in [3.63, 3.8) is 0 Å². The van der Waals surface area contributed by atoms with Gasteiger partial charge in [0.2, 0.25) is 11.9 Å². The molecule has 0 unspecified atom stereocenters. The van der Waals surface area contributed by atoms with Crippen molar-refractivity contribution < 1.29 is 0 Å². The first-order chi connectivity index (χ1) is 16.0. The number of unbranched alkanes of at least 4 members (excludes halogenated alkanes) is 1. The molecule has 5 heteroatoms. The monoisotopic (exact) mass is 437 g/mol. The van der Waals surface area contributed by atoms with Gasteiger partial charge in [-0.2, -0.15) is 15.0 Å². The third-order valence-corrected chi connectivity index (χ3v) is 5.62. The molecule has 0 radical (unpaired) electrons. The van der Waals surface area contributed by atoms with Gasteiger partial charge in [-0.1, -0.05) is 65.7 Å². The smallest absolute Gasteiger partial charge is 0.232 e. The minimum atomic E-state index is 0.554. The van der Waals surface area contributed by atoms with E-state index in [2.05, 4.69) is 78.9 Å². The fraction of sp³-hybridized carbons (Fsp3) is 0.250. The SMILES string of the molecule is Cc1ccc(CCCCc2nc(Nc3ccc(C)cc3)nc(Nc3ccccc3C)n2)cc1. The van der Waals surface area contributed by atoms with E-state index in [9.17, 15) is 0 Å². The van der Waals surface area contributed by atoms with Gasteiger partial charge in [0.05, 0.1) is 0 Å². The zero-order chi connectivity index (χ0) is 23.0. The summed E-state index contributed by atoms with van der Waals surface area (Å²) in [7, 11) is 0. The van der Waals surface area contributed by atoms with Gasteiger partial charge in [0.25, 0.3) is 0 Å². The number of para-hydroxylation sites is 1. The summed E-state index contributed by atoms with van der Waals surface area (Å²) in [6, 6.07) is 25.1. The molecule has 0 atom stereocenters. The molecule has 0 fully saturated rings. The van der Waals surface area contributed by atoms with Gasteiger partial charge >= 0.3 is 0 Å². The first-order valence-corrected chi connectivity index (χ1v) is 11.5. The van der Waals surface area contributed by atoms with Crippen molar-refractivity contribution in [2.45, 2.75) is 46.5 Å². The second kappa shape index (κ2) is 10.7. The molecule has 0 bridgehead atoms. The largest absolute Gasteiger partial charge is 0.324 e. The molecule has 4 rings (SSSR count). The number of benzene rings is 3. The Kier molecular flexibility index (Phi) is 7.30. The van der Waals surface area contributed by atoms with E-state index in [0.29, 0.717) is 11.9 Å². The molecule has 3 aromatic carbocycles. The summed E-state index contributed by atoms with van der Waals surface area (Å²) in [5.74, 6) is 1.90. The normalized spacial score (nSPS) is 10.8. The van der Waals surface area contributed by atoms with Crippen molar-refractivity contribution in [1.29, 1.82) is 0 Å². The van der Waals surface area contributed by atoms with Crippen LogP contribution in [-0.4, -0.2) is 15.0 Å². The van der Waals surface area contributed by atoms with Crippen molar-refractivity contribution in [2.75, 3.05) is 10.6 Å². The molecule has 33 heavy (non-hydrogen) atoms. The third kappa shape index (κ3) is 6.62. The van der Waals surface area contributed by atoms with Crippen LogP contribution in [0, 0.1) is 20.8 Å². The van der Waals surface area contributed by atoms with Crippen LogP contribution in [0.2, 0.25) is 0 Å². The summed E-state index contributed by atoms with van der Waals surface area (Å²) in [5, 5.41) is 6.70. The third-order valence-electron chi connectivity index (χ3n) is 5.62. The van der Waals surface area contributed by atoms with E-state index in [1.165, 1.54) is 16.7 Å². The average molecular weight is 438 g/mol. The maximum Gasteiger partial charge on any atom is 0.232 e. The first-order valence-electron chi connectivity index (χ1n) is 11.5. The van der Waals surface area contributed by atoms with Crippen LogP contribution in [0.5, 0.6) is 0 Å². The summed E-state index contributed by atoms with van der Waals surface area (Å²) >= 11 is 0. The maximum atomic E-state index is 4.71. The van der Waals surface area contributed by atoms with E-state index in [-0.39, 0.29) is 0 Å². The Morgan fingerprint density at radius 3 is 1.91 bits per heavy atom. The Labute approximate surface area is 196 Å². The van der Waals surface area contributed by atoms with E-state index >= 15 is 0 Å². The zero-order valence-corrected chi connectivity index (χ0v) is 19.6. The number of nitrogens with one attached hydrogen (secondary N) is 2. The molecule has 0 spiro atoms. The lowest BCUT2D eigenvalue weighted by Crippen LogP contribution is -2.08. The Balaban J connectivity index is 1.48. The van der Waals surface area contributed by atoms with Crippen LogP contribution >= 0.6 is 0 Å². The van der Waals surface area contributed by atoms with E-state index in [1.807, 2.05) is 30.3 Å². The van der Waals surface area contributed by atoms with Crippen LogP contribution < -0.4 is 10.6 Å². The van der Waals surface area contributed by atoms with E-state index < -0.39 is 0 Å². The zero-order valence-electron chi connectivity index (χ0n) is 19.6. The Morgan fingerprint density at radius 1 is 0.606 bits per heavy atom. The van der Waals surface area contributed by atoms with Gasteiger partial charge < -0.3 is 10.6 Å². The summed E-state index contributed by atoms with van der Waals surface area (Å²) in [5.41, 5.74) is 6.98.